The molecule has 3 rings (SSSR count). The molecule has 0 atom stereocenters. The molecule has 0 amide bonds. The van der Waals surface area contributed by atoms with Gasteiger partial charge in [-0.1, -0.05) is 26.8 Å². The maximum absolute atomic E-state index is 13.7. The number of hydrogen-bond acceptors (Lipinski definition) is 3. The molecule has 1 N–H and O–H groups in total. The van der Waals surface area contributed by atoms with E-state index >= 15 is 0 Å². The highest BCUT2D eigenvalue weighted by Gasteiger charge is 2.21. The van der Waals surface area contributed by atoms with Gasteiger partial charge in [0.15, 0.2) is 16.9 Å². The van der Waals surface area contributed by atoms with Crippen molar-refractivity contribution in [2.75, 3.05) is 7.11 Å². The predicted molar refractivity (Wildman–Crippen MR) is 118 cm³/mol. The maximum Gasteiger partial charge on any atom is 0.185 e. The summed E-state index contributed by atoms with van der Waals surface area (Å²) in [7, 11) is 1.47. The Hall–Kier alpha value is -3.08. The molecule has 0 aliphatic rings. The number of rotatable bonds is 4. The van der Waals surface area contributed by atoms with Crippen molar-refractivity contribution < 1.29 is 13.9 Å². The van der Waals surface area contributed by atoms with E-state index in [4.69, 9.17) is 9.47 Å². The zero-order chi connectivity index (χ0) is 22.2. The van der Waals surface area contributed by atoms with Crippen LogP contribution >= 0.6 is 0 Å². The summed E-state index contributed by atoms with van der Waals surface area (Å²) < 4.78 is 25.2. The lowest BCUT2D eigenvalue weighted by Crippen LogP contribution is -2.13. The molecule has 0 unspecified atom stereocenters. The van der Waals surface area contributed by atoms with Crippen LogP contribution in [-0.4, -0.2) is 12.1 Å². The SMILES string of the molecule is COc1cc(F)ccc1Oc1cc(C(C)(C)C)cc(C)c1-c1cc(=O)c(C)c(C)[nH]1. The number of benzene rings is 2. The standard InChI is InChI=1S/C25H28FNO3/c1-14-10-17(25(4,5)6)11-23(30-21-9-8-18(26)12-22(21)29-7)24(14)19-13-20(28)15(2)16(3)27-19/h8-13H,1-7H3,(H,27,28). The van der Waals surface area contributed by atoms with Crippen LogP contribution in [0.1, 0.15) is 43.2 Å². The number of ether oxygens (including phenoxy) is 2. The number of aromatic amines is 1. The van der Waals surface area contributed by atoms with E-state index in [0.717, 1.165) is 22.4 Å². The van der Waals surface area contributed by atoms with Crippen LogP contribution in [0.4, 0.5) is 4.39 Å². The topological polar surface area (TPSA) is 51.3 Å². The average molecular weight is 410 g/mol. The highest BCUT2D eigenvalue weighted by Crippen LogP contribution is 2.41. The fourth-order valence-corrected chi connectivity index (χ4v) is 3.35. The summed E-state index contributed by atoms with van der Waals surface area (Å²) in [6.07, 6.45) is 0. The summed E-state index contributed by atoms with van der Waals surface area (Å²) in [4.78, 5) is 15.8. The minimum atomic E-state index is -0.405. The maximum atomic E-state index is 13.7. The van der Waals surface area contributed by atoms with Gasteiger partial charge in [0.1, 0.15) is 11.6 Å². The first-order valence-corrected chi connectivity index (χ1v) is 9.88. The van der Waals surface area contributed by atoms with Crippen molar-refractivity contribution in [3.8, 4) is 28.5 Å². The van der Waals surface area contributed by atoms with Gasteiger partial charge in [0.2, 0.25) is 0 Å². The molecule has 0 bridgehead atoms. The van der Waals surface area contributed by atoms with Gasteiger partial charge >= 0.3 is 0 Å². The van der Waals surface area contributed by atoms with Crippen molar-refractivity contribution in [1.29, 1.82) is 0 Å². The molecule has 0 saturated heterocycles. The second-order valence-corrected chi connectivity index (χ2v) is 8.61. The van der Waals surface area contributed by atoms with Gasteiger partial charge in [-0.25, -0.2) is 4.39 Å². The van der Waals surface area contributed by atoms with E-state index in [2.05, 4.69) is 31.8 Å². The minimum absolute atomic E-state index is 0.0362. The second-order valence-electron chi connectivity index (χ2n) is 8.61. The Morgan fingerprint density at radius 2 is 1.63 bits per heavy atom. The van der Waals surface area contributed by atoms with Crippen molar-refractivity contribution in [2.45, 2.75) is 47.0 Å². The van der Waals surface area contributed by atoms with Crippen molar-refractivity contribution in [3.63, 3.8) is 0 Å². The molecule has 158 valence electrons. The van der Waals surface area contributed by atoms with Gasteiger partial charge in [0, 0.05) is 29.0 Å². The number of hydrogen-bond donors (Lipinski definition) is 1. The van der Waals surface area contributed by atoms with Crippen LogP contribution < -0.4 is 14.9 Å². The minimum Gasteiger partial charge on any atom is -0.493 e. The molecule has 0 spiro atoms. The summed E-state index contributed by atoms with van der Waals surface area (Å²) in [5, 5.41) is 0. The number of methoxy groups -OCH3 is 1. The highest BCUT2D eigenvalue weighted by atomic mass is 19.1. The number of H-pyrrole nitrogens is 1. The van der Waals surface area contributed by atoms with Crippen molar-refractivity contribution in [2.24, 2.45) is 0 Å². The molecule has 5 heteroatoms. The fourth-order valence-electron chi connectivity index (χ4n) is 3.35. The van der Waals surface area contributed by atoms with E-state index in [9.17, 15) is 9.18 Å². The van der Waals surface area contributed by atoms with Crippen molar-refractivity contribution >= 4 is 0 Å². The second kappa shape index (κ2) is 7.98. The third-order valence-electron chi connectivity index (χ3n) is 5.31. The zero-order valence-electron chi connectivity index (χ0n) is 18.6. The van der Waals surface area contributed by atoms with Gasteiger partial charge in [-0.2, -0.15) is 0 Å². The van der Waals surface area contributed by atoms with Gasteiger partial charge in [-0.15, -0.1) is 0 Å². The molecule has 1 aromatic heterocycles. The van der Waals surface area contributed by atoms with Gasteiger partial charge < -0.3 is 14.5 Å². The Bertz CT molecular complexity index is 1160. The Kier molecular flexibility index (Phi) is 5.75. The Balaban J connectivity index is 2.26. The number of aromatic nitrogens is 1. The molecular weight excluding hydrogens is 381 g/mol. The van der Waals surface area contributed by atoms with Gasteiger partial charge in [0.05, 0.1) is 12.8 Å². The van der Waals surface area contributed by atoms with Gasteiger partial charge in [-0.05, 0) is 55.5 Å². The quantitative estimate of drug-likeness (QED) is 0.558. The summed E-state index contributed by atoms with van der Waals surface area (Å²) in [5.74, 6) is 0.867. The normalized spacial score (nSPS) is 11.5. The fraction of sp³-hybridized carbons (Fsp3) is 0.320. The summed E-state index contributed by atoms with van der Waals surface area (Å²) >= 11 is 0. The molecule has 3 aromatic rings. The zero-order valence-corrected chi connectivity index (χ0v) is 18.6. The van der Waals surface area contributed by atoms with Crippen LogP contribution in [0.15, 0.2) is 41.2 Å². The molecule has 0 radical (unpaired) electrons. The van der Waals surface area contributed by atoms with Crippen LogP contribution in [0.2, 0.25) is 0 Å². The molecule has 1 heterocycles. The van der Waals surface area contributed by atoms with Crippen LogP contribution in [0.25, 0.3) is 11.3 Å². The van der Waals surface area contributed by atoms with E-state index < -0.39 is 5.82 Å². The third-order valence-corrected chi connectivity index (χ3v) is 5.31. The van der Waals surface area contributed by atoms with Crippen LogP contribution in [0, 0.1) is 26.6 Å². The molecular formula is C25H28FNO3. The lowest BCUT2D eigenvalue weighted by atomic mass is 9.84. The first-order chi connectivity index (χ1) is 14.0. The average Bonchev–Trinajstić information content (AvgIpc) is 2.66. The lowest BCUT2D eigenvalue weighted by Gasteiger charge is -2.24. The largest absolute Gasteiger partial charge is 0.493 e. The predicted octanol–water partition coefficient (Wildman–Crippen LogP) is 6.20. The van der Waals surface area contributed by atoms with E-state index in [1.807, 2.05) is 19.9 Å². The number of halogens is 1. The summed E-state index contributed by atoms with van der Waals surface area (Å²) in [5.41, 5.74) is 4.87. The van der Waals surface area contributed by atoms with Crippen LogP contribution in [0.3, 0.4) is 0 Å². The van der Waals surface area contributed by atoms with E-state index in [-0.39, 0.29) is 10.8 Å². The van der Waals surface area contributed by atoms with Gasteiger partial charge in [-0.3, -0.25) is 4.79 Å². The molecule has 4 nitrogen and oxygen atoms in total. The number of pyridine rings is 1. The summed E-state index contributed by atoms with van der Waals surface area (Å²) in [6, 6.07) is 9.83. The molecule has 0 fully saturated rings. The van der Waals surface area contributed by atoms with E-state index in [0.29, 0.717) is 28.5 Å². The lowest BCUT2D eigenvalue weighted by molar-refractivity contribution is 0.375. The molecule has 0 saturated carbocycles. The molecule has 2 aromatic carbocycles. The number of aryl methyl sites for hydroxylation is 2. The van der Waals surface area contributed by atoms with Crippen molar-refractivity contribution in [1.82, 2.24) is 4.98 Å². The molecule has 0 aliphatic carbocycles. The van der Waals surface area contributed by atoms with Gasteiger partial charge in [0.25, 0.3) is 0 Å². The smallest absolute Gasteiger partial charge is 0.185 e. The first kappa shape index (κ1) is 21.6. The third kappa shape index (κ3) is 4.25. The van der Waals surface area contributed by atoms with E-state index in [1.54, 1.807) is 19.1 Å². The van der Waals surface area contributed by atoms with Crippen molar-refractivity contribution in [3.05, 3.63) is 74.8 Å². The summed E-state index contributed by atoms with van der Waals surface area (Å²) in [6.45, 7) is 12.1. The van der Waals surface area contributed by atoms with Crippen LogP contribution in [0.5, 0.6) is 17.2 Å². The molecule has 30 heavy (non-hydrogen) atoms. The Morgan fingerprint density at radius 1 is 0.933 bits per heavy atom. The monoisotopic (exact) mass is 409 g/mol. The first-order valence-electron chi connectivity index (χ1n) is 9.88. The highest BCUT2D eigenvalue weighted by molar-refractivity contribution is 5.73. The van der Waals surface area contributed by atoms with Crippen LogP contribution in [-0.2, 0) is 5.41 Å². The molecule has 0 aliphatic heterocycles. The Labute approximate surface area is 176 Å². The van der Waals surface area contributed by atoms with E-state index in [1.165, 1.54) is 19.2 Å². The Morgan fingerprint density at radius 3 is 2.23 bits per heavy atom. The number of nitrogens with one attached hydrogen (secondary N) is 1.